The van der Waals surface area contributed by atoms with Gasteiger partial charge in [-0.2, -0.15) is 0 Å². The third kappa shape index (κ3) is 8.82. The molecule has 0 unspecified atom stereocenters. The fourth-order valence-corrected chi connectivity index (χ4v) is 0.387. The minimum absolute atomic E-state index is 0. The van der Waals surface area contributed by atoms with E-state index in [0.717, 1.165) is 16.9 Å². The van der Waals surface area contributed by atoms with Crippen LogP contribution < -0.4 is 18.9 Å². The average molecular weight is 93.1 g/mol. The van der Waals surface area contributed by atoms with E-state index in [1.54, 1.807) is 6.08 Å². The van der Waals surface area contributed by atoms with Crippen LogP contribution in [0.2, 0.25) is 0 Å². The molecule has 0 heterocycles. The molecule has 0 amide bonds. The molecule has 0 atom stereocenters. The zero-order chi connectivity index (χ0) is 4.12. The summed E-state index contributed by atoms with van der Waals surface area (Å²) in [6.07, 6.45) is 1.80. The summed E-state index contributed by atoms with van der Waals surface area (Å²) in [4.78, 5) is 3.88. The molecule has 0 N–H and O–H groups in total. The van der Waals surface area contributed by atoms with E-state index in [-0.39, 0.29) is 18.9 Å². The summed E-state index contributed by atoms with van der Waals surface area (Å²) in [5.74, 6) is 0. The molecule has 30 valence electrons. The Hall–Kier alpha value is 0.514. The molecule has 0 bridgehead atoms. The van der Waals surface area contributed by atoms with Crippen molar-refractivity contribution in [2.45, 2.75) is 0 Å². The van der Waals surface area contributed by atoms with Crippen LogP contribution in [0, 0.1) is 0 Å². The van der Waals surface area contributed by atoms with E-state index in [0.29, 0.717) is 0 Å². The zero-order valence-corrected chi connectivity index (χ0v) is 6.44. The summed E-state index contributed by atoms with van der Waals surface area (Å²) in [5.41, 5.74) is 0. The van der Waals surface area contributed by atoms with Gasteiger partial charge in [-0.3, -0.25) is 0 Å². The van der Waals surface area contributed by atoms with E-state index in [4.69, 9.17) is 0 Å². The van der Waals surface area contributed by atoms with Gasteiger partial charge in [0, 0.05) is 0 Å². The Labute approximate surface area is 53.9 Å². The third-order valence-corrected chi connectivity index (χ3v) is 0.677. The first-order valence-corrected chi connectivity index (χ1v) is 2.47. The summed E-state index contributed by atoms with van der Waals surface area (Å²) in [7, 11) is 0.952. The first-order chi connectivity index (χ1) is 2.41. The molecule has 1 nitrogen and oxygen atoms in total. The van der Waals surface area contributed by atoms with Gasteiger partial charge in [-0.1, -0.05) is 0 Å². The van der Waals surface area contributed by atoms with Crippen molar-refractivity contribution in [3.8, 4) is 0 Å². The molecule has 0 spiro atoms. The van der Waals surface area contributed by atoms with Crippen molar-refractivity contribution in [1.82, 2.24) is 0 Å². The second kappa shape index (κ2) is 9.10. The quantitative estimate of drug-likeness (QED) is 0.252. The van der Waals surface area contributed by atoms with Crippen LogP contribution in [0.5, 0.6) is 0 Å². The Balaban J connectivity index is 0. The van der Waals surface area contributed by atoms with Crippen LogP contribution in [-0.2, 0) is 0 Å². The van der Waals surface area contributed by atoms with Gasteiger partial charge in [-0.05, 0) is 0 Å². The smallest absolute Gasteiger partial charge is 0.669 e. The molecule has 0 radical (unpaired) electrons. The van der Waals surface area contributed by atoms with Gasteiger partial charge in [0.15, 0.2) is 0 Å². The zero-order valence-electron chi connectivity index (χ0n) is 4.44. The Kier molecular flexibility index (Phi) is 14.7. The SMILES string of the molecule is C=CC[N-][SiH3].[Li+]. The van der Waals surface area contributed by atoms with Crippen molar-refractivity contribution in [1.29, 1.82) is 0 Å². The fourth-order valence-electron chi connectivity index (χ4n) is 0.129. The van der Waals surface area contributed by atoms with Crippen LogP contribution in [-0.4, -0.2) is 16.9 Å². The molecular formula is C3H8LiNSi. The number of rotatable bonds is 2. The standard InChI is InChI=1S/C3H8NSi.Li/c1-2-3-4-5;/h2H,1,3H2,5H3;/q-1;+1. The summed E-state index contributed by atoms with van der Waals surface area (Å²) in [6, 6.07) is 0. The molecule has 0 aliphatic heterocycles. The maximum absolute atomic E-state index is 3.88. The van der Waals surface area contributed by atoms with Crippen molar-refractivity contribution < 1.29 is 18.9 Å². The van der Waals surface area contributed by atoms with E-state index in [1.165, 1.54) is 0 Å². The van der Waals surface area contributed by atoms with Crippen molar-refractivity contribution in [2.75, 3.05) is 6.54 Å². The van der Waals surface area contributed by atoms with Crippen molar-refractivity contribution in [2.24, 2.45) is 0 Å². The first-order valence-electron chi connectivity index (χ1n) is 1.58. The topological polar surface area (TPSA) is 14.1 Å². The normalized spacial score (nSPS) is 6.67. The van der Waals surface area contributed by atoms with Crippen LogP contribution in [0.1, 0.15) is 0 Å². The molecule has 0 rings (SSSR count). The molecular weight excluding hydrogens is 85.1 g/mol. The Morgan fingerprint density at radius 1 is 1.83 bits per heavy atom. The second-order valence-electron chi connectivity index (χ2n) is 0.787. The second-order valence-corrected chi connectivity index (χ2v) is 1.42. The average Bonchev–Trinajstić information content (AvgIpc) is 1.41. The molecule has 0 aromatic rings. The van der Waals surface area contributed by atoms with Gasteiger partial charge >= 0.3 is 18.9 Å². The molecule has 3 heteroatoms. The van der Waals surface area contributed by atoms with Crippen LogP contribution in [0.4, 0.5) is 0 Å². The van der Waals surface area contributed by atoms with E-state index < -0.39 is 0 Å². The van der Waals surface area contributed by atoms with E-state index in [9.17, 15) is 0 Å². The Morgan fingerprint density at radius 3 is 2.33 bits per heavy atom. The fraction of sp³-hybridized carbons (Fsp3) is 0.333. The van der Waals surface area contributed by atoms with Gasteiger partial charge in [0.25, 0.3) is 0 Å². The van der Waals surface area contributed by atoms with Gasteiger partial charge < -0.3 is 4.98 Å². The largest absolute Gasteiger partial charge is 1.00 e. The molecule has 0 aromatic heterocycles. The molecule has 0 aliphatic carbocycles. The van der Waals surface area contributed by atoms with Gasteiger partial charge in [-0.15, -0.1) is 29.6 Å². The van der Waals surface area contributed by atoms with Crippen LogP contribution in [0.25, 0.3) is 4.98 Å². The van der Waals surface area contributed by atoms with Crippen LogP contribution in [0.15, 0.2) is 12.7 Å². The minimum atomic E-state index is 0. The van der Waals surface area contributed by atoms with E-state index in [2.05, 4.69) is 11.6 Å². The van der Waals surface area contributed by atoms with Gasteiger partial charge in [-0.25, -0.2) is 0 Å². The van der Waals surface area contributed by atoms with Crippen molar-refractivity contribution >= 4 is 10.4 Å². The maximum atomic E-state index is 3.88. The molecule has 0 saturated heterocycles. The van der Waals surface area contributed by atoms with Crippen molar-refractivity contribution in [3.05, 3.63) is 17.6 Å². The van der Waals surface area contributed by atoms with Gasteiger partial charge in [0.2, 0.25) is 0 Å². The first kappa shape index (κ1) is 9.72. The Morgan fingerprint density at radius 2 is 2.33 bits per heavy atom. The molecule has 6 heavy (non-hydrogen) atoms. The summed E-state index contributed by atoms with van der Waals surface area (Å²) in [6.45, 7) is 4.32. The summed E-state index contributed by atoms with van der Waals surface area (Å²) in [5, 5.41) is 0. The predicted molar refractivity (Wildman–Crippen MR) is 28.4 cm³/mol. The molecule has 0 saturated carbocycles. The number of hydrogen-bond acceptors (Lipinski definition) is 0. The van der Waals surface area contributed by atoms with Crippen LogP contribution >= 0.6 is 0 Å². The van der Waals surface area contributed by atoms with Gasteiger partial charge in [0.05, 0.1) is 0 Å². The van der Waals surface area contributed by atoms with Gasteiger partial charge in [0.1, 0.15) is 0 Å². The third-order valence-electron chi connectivity index (χ3n) is 0.312. The van der Waals surface area contributed by atoms with Crippen LogP contribution in [0.3, 0.4) is 0 Å². The molecule has 0 aromatic carbocycles. The number of nitrogens with zero attached hydrogens (tertiary/aromatic N) is 1. The predicted octanol–water partition coefficient (Wildman–Crippen LogP) is -3.17. The molecule has 0 aliphatic rings. The van der Waals surface area contributed by atoms with E-state index >= 15 is 0 Å². The van der Waals surface area contributed by atoms with E-state index in [1.807, 2.05) is 0 Å². The number of hydrogen-bond donors (Lipinski definition) is 0. The summed E-state index contributed by atoms with van der Waals surface area (Å²) < 4.78 is 0. The van der Waals surface area contributed by atoms with Crippen molar-refractivity contribution in [3.63, 3.8) is 0 Å². The minimum Gasteiger partial charge on any atom is -0.669 e. The summed E-state index contributed by atoms with van der Waals surface area (Å²) >= 11 is 0. The maximum Gasteiger partial charge on any atom is 1.00 e. The monoisotopic (exact) mass is 93.1 g/mol. The Bertz CT molecular complexity index is 32.0. The molecule has 0 fully saturated rings.